The van der Waals surface area contributed by atoms with Crippen molar-refractivity contribution in [2.45, 2.75) is 0 Å². The summed E-state index contributed by atoms with van der Waals surface area (Å²) in [6.07, 6.45) is 1.92. The van der Waals surface area contributed by atoms with Crippen LogP contribution in [-0.2, 0) is 0 Å². The van der Waals surface area contributed by atoms with Crippen LogP contribution in [-0.4, -0.2) is 23.6 Å². The fourth-order valence-corrected chi connectivity index (χ4v) is 2.82. The second kappa shape index (κ2) is 7.29. The van der Waals surface area contributed by atoms with Crippen LogP contribution in [0.5, 0.6) is 11.5 Å². The number of imidazole rings is 1. The Labute approximate surface area is 156 Å². The van der Waals surface area contributed by atoms with Gasteiger partial charge in [-0.15, -0.1) is 10.2 Å². The van der Waals surface area contributed by atoms with Gasteiger partial charge >= 0.3 is 0 Å². The van der Waals surface area contributed by atoms with E-state index in [-0.39, 0.29) is 0 Å². The lowest BCUT2D eigenvalue weighted by molar-refractivity contribution is 0.415. The Balaban J connectivity index is 1.84. The van der Waals surface area contributed by atoms with E-state index in [0.29, 0.717) is 11.5 Å². The zero-order chi connectivity index (χ0) is 18.6. The maximum atomic E-state index is 5.34. The predicted octanol–water partition coefficient (Wildman–Crippen LogP) is 5.43. The third-order valence-corrected chi connectivity index (χ3v) is 4.16. The van der Waals surface area contributed by atoms with Crippen LogP contribution < -0.4 is 9.47 Å². The summed E-state index contributed by atoms with van der Waals surface area (Å²) in [5.74, 6) is 2.15. The number of pyridine rings is 1. The normalized spacial score (nSPS) is 11.2. The van der Waals surface area contributed by atoms with Crippen LogP contribution >= 0.6 is 0 Å². The van der Waals surface area contributed by atoms with E-state index >= 15 is 0 Å². The fourth-order valence-electron chi connectivity index (χ4n) is 2.82. The van der Waals surface area contributed by atoms with E-state index in [2.05, 4.69) is 10.2 Å². The molecule has 0 fully saturated rings. The van der Waals surface area contributed by atoms with Crippen molar-refractivity contribution in [2.75, 3.05) is 14.2 Å². The van der Waals surface area contributed by atoms with Crippen molar-refractivity contribution in [3.8, 4) is 22.8 Å². The van der Waals surface area contributed by atoms with Crippen LogP contribution in [0.3, 0.4) is 0 Å². The van der Waals surface area contributed by atoms with Gasteiger partial charge < -0.3 is 9.47 Å². The Kier molecular flexibility index (Phi) is 4.53. The summed E-state index contributed by atoms with van der Waals surface area (Å²) in [6.45, 7) is 0. The number of fused-ring (bicyclic) bond motifs is 1. The molecule has 0 amide bonds. The molecule has 0 atom stereocenters. The first-order chi connectivity index (χ1) is 13.3. The van der Waals surface area contributed by atoms with Gasteiger partial charge in [-0.3, -0.25) is 4.40 Å². The molecule has 2 aromatic carbocycles. The summed E-state index contributed by atoms with van der Waals surface area (Å²) in [5, 5.41) is 8.89. The minimum absolute atomic E-state index is 0.654. The van der Waals surface area contributed by atoms with E-state index in [0.717, 1.165) is 28.4 Å². The summed E-state index contributed by atoms with van der Waals surface area (Å²) in [4.78, 5) is 4.73. The van der Waals surface area contributed by atoms with Gasteiger partial charge in [-0.25, -0.2) is 4.98 Å². The van der Waals surface area contributed by atoms with Crippen molar-refractivity contribution in [1.82, 2.24) is 9.38 Å². The minimum atomic E-state index is 0.654. The summed E-state index contributed by atoms with van der Waals surface area (Å²) < 4.78 is 12.5. The molecule has 4 rings (SSSR count). The van der Waals surface area contributed by atoms with Crippen molar-refractivity contribution in [2.24, 2.45) is 10.2 Å². The molecule has 134 valence electrons. The highest BCUT2D eigenvalue weighted by Crippen LogP contribution is 2.34. The number of nitrogens with zero attached hydrogens (tertiary/aromatic N) is 4. The van der Waals surface area contributed by atoms with Crippen LogP contribution in [0.15, 0.2) is 83.2 Å². The molecule has 2 aromatic heterocycles. The first-order valence-corrected chi connectivity index (χ1v) is 8.46. The number of benzene rings is 2. The van der Waals surface area contributed by atoms with E-state index < -0.39 is 0 Å². The molecule has 0 saturated carbocycles. The first-order valence-electron chi connectivity index (χ1n) is 8.46. The van der Waals surface area contributed by atoms with Crippen LogP contribution in [0.1, 0.15) is 0 Å². The Bertz CT molecular complexity index is 1120. The van der Waals surface area contributed by atoms with Crippen LogP contribution in [0.25, 0.3) is 16.9 Å². The fraction of sp³-hybridized carbons (Fsp3) is 0.0952. The Hall–Kier alpha value is -3.67. The minimum Gasteiger partial charge on any atom is -0.497 e. The van der Waals surface area contributed by atoms with E-state index in [1.54, 1.807) is 14.2 Å². The summed E-state index contributed by atoms with van der Waals surface area (Å²) in [7, 11) is 3.27. The molecular formula is C21H18N4O2. The third-order valence-electron chi connectivity index (χ3n) is 4.16. The maximum Gasteiger partial charge on any atom is 0.187 e. The lowest BCUT2D eigenvalue weighted by atomic mass is 10.1. The third kappa shape index (κ3) is 3.37. The van der Waals surface area contributed by atoms with Crippen molar-refractivity contribution in [3.63, 3.8) is 0 Å². The molecule has 4 aromatic rings. The summed E-state index contributed by atoms with van der Waals surface area (Å²) in [5.41, 5.74) is 3.16. The molecule has 0 aliphatic carbocycles. The zero-order valence-electron chi connectivity index (χ0n) is 15.0. The van der Waals surface area contributed by atoms with Gasteiger partial charge in [0.2, 0.25) is 0 Å². The topological polar surface area (TPSA) is 60.5 Å². The smallest absolute Gasteiger partial charge is 0.187 e. The average molecular weight is 358 g/mol. The summed E-state index contributed by atoms with van der Waals surface area (Å²) in [6, 6.07) is 21.0. The van der Waals surface area contributed by atoms with Crippen LogP contribution in [0, 0.1) is 0 Å². The highest BCUT2D eigenvalue weighted by atomic mass is 16.5. The molecule has 0 N–H and O–H groups in total. The molecule has 6 heteroatoms. The van der Waals surface area contributed by atoms with Gasteiger partial charge in [0.15, 0.2) is 5.82 Å². The van der Waals surface area contributed by atoms with Gasteiger partial charge in [0.05, 0.1) is 19.9 Å². The number of aromatic nitrogens is 2. The zero-order valence-corrected chi connectivity index (χ0v) is 15.0. The van der Waals surface area contributed by atoms with E-state index in [9.17, 15) is 0 Å². The number of methoxy groups -OCH3 is 2. The molecule has 0 aliphatic heterocycles. The van der Waals surface area contributed by atoms with Gasteiger partial charge in [0, 0.05) is 17.8 Å². The summed E-state index contributed by atoms with van der Waals surface area (Å²) >= 11 is 0. The van der Waals surface area contributed by atoms with E-state index in [1.165, 1.54) is 0 Å². The molecule has 2 heterocycles. The average Bonchev–Trinajstić information content (AvgIpc) is 3.11. The molecule has 0 bridgehead atoms. The Morgan fingerprint density at radius 2 is 1.59 bits per heavy atom. The van der Waals surface area contributed by atoms with E-state index in [1.807, 2.05) is 77.3 Å². The SMILES string of the molecule is COc1cccc(N=Nc2c(-c3cccc(OC)c3)nc3ccccn23)c1. The molecular weight excluding hydrogens is 340 g/mol. The standard InChI is InChI=1S/C21H18N4O2/c1-26-17-9-5-7-15(13-17)20-21(25-12-4-3-11-19(25)22-20)24-23-16-8-6-10-18(14-16)27-2/h3-14H,1-2H3. The molecule has 6 nitrogen and oxygen atoms in total. The van der Waals surface area contributed by atoms with Gasteiger partial charge in [-0.2, -0.15) is 0 Å². The van der Waals surface area contributed by atoms with Gasteiger partial charge in [-0.05, 0) is 36.4 Å². The van der Waals surface area contributed by atoms with Crippen molar-refractivity contribution in [1.29, 1.82) is 0 Å². The highest BCUT2D eigenvalue weighted by molar-refractivity contribution is 5.75. The number of rotatable bonds is 5. The quantitative estimate of drug-likeness (QED) is 0.447. The molecule has 27 heavy (non-hydrogen) atoms. The lowest BCUT2D eigenvalue weighted by Crippen LogP contribution is -1.84. The number of hydrogen-bond donors (Lipinski definition) is 0. The lowest BCUT2D eigenvalue weighted by Gasteiger charge is -2.03. The largest absolute Gasteiger partial charge is 0.497 e. The number of hydrogen-bond acceptors (Lipinski definition) is 5. The van der Waals surface area contributed by atoms with Gasteiger partial charge in [-0.1, -0.05) is 24.3 Å². The molecule has 0 radical (unpaired) electrons. The predicted molar refractivity (Wildman–Crippen MR) is 104 cm³/mol. The van der Waals surface area contributed by atoms with Crippen molar-refractivity contribution in [3.05, 3.63) is 72.9 Å². The molecule has 0 aliphatic rings. The molecule has 0 unspecified atom stereocenters. The first kappa shape index (κ1) is 16.8. The monoisotopic (exact) mass is 358 g/mol. The van der Waals surface area contributed by atoms with Gasteiger partial charge in [0.25, 0.3) is 0 Å². The second-order valence-electron chi connectivity index (χ2n) is 5.85. The molecule has 0 saturated heterocycles. The van der Waals surface area contributed by atoms with Crippen molar-refractivity contribution < 1.29 is 9.47 Å². The number of azo groups is 1. The number of ether oxygens (including phenoxy) is 2. The Morgan fingerprint density at radius 3 is 2.41 bits per heavy atom. The van der Waals surface area contributed by atoms with Crippen LogP contribution in [0.2, 0.25) is 0 Å². The van der Waals surface area contributed by atoms with Gasteiger partial charge in [0.1, 0.15) is 22.8 Å². The maximum absolute atomic E-state index is 5.34. The Morgan fingerprint density at radius 1 is 0.815 bits per heavy atom. The van der Waals surface area contributed by atoms with Crippen molar-refractivity contribution >= 4 is 17.2 Å². The highest BCUT2D eigenvalue weighted by Gasteiger charge is 2.14. The second-order valence-corrected chi connectivity index (χ2v) is 5.85. The van der Waals surface area contributed by atoms with E-state index in [4.69, 9.17) is 14.5 Å². The molecule has 0 spiro atoms. The van der Waals surface area contributed by atoms with Crippen LogP contribution in [0.4, 0.5) is 11.5 Å².